The van der Waals surface area contributed by atoms with Crippen molar-refractivity contribution in [2.75, 3.05) is 48.2 Å². The number of amides is 1. The number of piperazine rings is 1. The van der Waals surface area contributed by atoms with Gasteiger partial charge in [0, 0.05) is 48.8 Å². The normalized spacial score (nSPS) is 14.6. The van der Waals surface area contributed by atoms with E-state index in [1.54, 1.807) is 0 Å². The number of sulfonamides is 1. The second kappa shape index (κ2) is 9.78. The first-order chi connectivity index (χ1) is 16.2. The number of carbonyl (C=O) groups is 1. The van der Waals surface area contributed by atoms with Crippen LogP contribution in [0.4, 0.5) is 25.8 Å². The third-order valence-corrected chi connectivity index (χ3v) is 6.97. The zero-order valence-electron chi connectivity index (χ0n) is 18.5. The Morgan fingerprint density at radius 3 is 2.06 bits per heavy atom. The molecule has 0 radical (unpaired) electrons. The van der Waals surface area contributed by atoms with E-state index in [9.17, 15) is 22.0 Å². The summed E-state index contributed by atoms with van der Waals surface area (Å²) in [7, 11) is -2.01. The van der Waals surface area contributed by atoms with Crippen LogP contribution in [0, 0.1) is 11.6 Å². The molecule has 1 fully saturated rings. The van der Waals surface area contributed by atoms with Crippen molar-refractivity contribution in [3.8, 4) is 0 Å². The molecule has 1 heterocycles. The number of benzene rings is 3. The van der Waals surface area contributed by atoms with Crippen LogP contribution in [-0.4, -0.2) is 52.5 Å². The summed E-state index contributed by atoms with van der Waals surface area (Å²) < 4.78 is 53.5. The number of anilines is 3. The molecular weight excluding hydrogens is 462 g/mol. The Balaban J connectivity index is 1.38. The molecule has 0 aliphatic carbocycles. The van der Waals surface area contributed by atoms with Crippen molar-refractivity contribution in [2.24, 2.45) is 0 Å². The van der Waals surface area contributed by atoms with E-state index in [2.05, 4.69) is 26.9 Å². The first-order valence-corrected chi connectivity index (χ1v) is 12.1. The highest BCUT2D eigenvalue weighted by Gasteiger charge is 2.17. The van der Waals surface area contributed by atoms with Crippen LogP contribution in [-0.2, 0) is 10.0 Å². The van der Waals surface area contributed by atoms with Crippen molar-refractivity contribution in [3.63, 3.8) is 0 Å². The van der Waals surface area contributed by atoms with Gasteiger partial charge >= 0.3 is 0 Å². The average molecular weight is 487 g/mol. The fourth-order valence-electron chi connectivity index (χ4n) is 3.57. The van der Waals surface area contributed by atoms with E-state index < -0.39 is 26.6 Å². The van der Waals surface area contributed by atoms with Crippen LogP contribution in [0.1, 0.15) is 10.4 Å². The minimum Gasteiger partial charge on any atom is -0.369 e. The Hall–Kier alpha value is -3.50. The van der Waals surface area contributed by atoms with Crippen molar-refractivity contribution < 1.29 is 22.0 Å². The molecule has 0 unspecified atom stereocenters. The van der Waals surface area contributed by atoms with Crippen molar-refractivity contribution in [2.45, 2.75) is 4.90 Å². The van der Waals surface area contributed by atoms with E-state index in [0.29, 0.717) is 17.3 Å². The van der Waals surface area contributed by atoms with Crippen LogP contribution in [0.2, 0.25) is 0 Å². The highest BCUT2D eigenvalue weighted by molar-refractivity contribution is 7.92. The van der Waals surface area contributed by atoms with E-state index in [4.69, 9.17) is 0 Å². The number of rotatable bonds is 6. The predicted octanol–water partition coefficient (Wildman–Crippen LogP) is 3.77. The number of nitrogens with zero attached hydrogens (tertiary/aromatic N) is 2. The van der Waals surface area contributed by atoms with Crippen molar-refractivity contribution in [3.05, 3.63) is 83.9 Å². The third kappa shape index (κ3) is 5.52. The maximum absolute atomic E-state index is 13.4. The maximum atomic E-state index is 13.4. The summed E-state index contributed by atoms with van der Waals surface area (Å²) in [5.74, 6) is -2.74. The quantitative estimate of drug-likeness (QED) is 0.555. The molecule has 178 valence electrons. The molecule has 1 saturated heterocycles. The number of hydrogen-bond acceptors (Lipinski definition) is 5. The summed E-state index contributed by atoms with van der Waals surface area (Å²) in [6, 6.07) is 15.7. The Kier molecular flexibility index (Phi) is 6.80. The van der Waals surface area contributed by atoms with Gasteiger partial charge in [0.15, 0.2) is 11.6 Å². The number of halogens is 2. The number of likely N-dealkylation sites (N-methyl/N-ethyl adjacent to an activating group) is 1. The summed E-state index contributed by atoms with van der Waals surface area (Å²) in [6.45, 7) is 3.92. The second-order valence-electron chi connectivity index (χ2n) is 8.05. The molecule has 1 aliphatic rings. The van der Waals surface area contributed by atoms with E-state index in [1.165, 1.54) is 24.3 Å². The molecule has 3 aromatic carbocycles. The van der Waals surface area contributed by atoms with Gasteiger partial charge in [-0.25, -0.2) is 17.2 Å². The average Bonchev–Trinajstić information content (AvgIpc) is 2.82. The third-order valence-electron chi connectivity index (χ3n) is 5.59. The van der Waals surface area contributed by atoms with Gasteiger partial charge in [0.1, 0.15) is 0 Å². The first kappa shape index (κ1) is 23.7. The van der Waals surface area contributed by atoms with Gasteiger partial charge in [-0.3, -0.25) is 9.52 Å². The number of nitrogens with one attached hydrogen (secondary N) is 2. The van der Waals surface area contributed by atoms with Gasteiger partial charge in [0.05, 0.1) is 4.90 Å². The standard InChI is InChI=1S/C24H24F2N4O3S/c1-29-12-14-30(15-13-29)20-8-6-18(7-9-20)27-24(31)17-2-4-19(5-3-17)28-34(32,33)21-10-11-22(25)23(26)16-21/h2-11,16,28H,12-15H2,1H3,(H,27,31). The summed E-state index contributed by atoms with van der Waals surface area (Å²) in [4.78, 5) is 16.8. The lowest BCUT2D eigenvalue weighted by Crippen LogP contribution is -2.44. The van der Waals surface area contributed by atoms with Crippen LogP contribution < -0.4 is 14.9 Å². The van der Waals surface area contributed by atoms with Crippen molar-refractivity contribution >= 4 is 33.0 Å². The molecule has 0 aromatic heterocycles. The van der Waals surface area contributed by atoms with Gasteiger partial charge in [0.2, 0.25) is 0 Å². The lowest BCUT2D eigenvalue weighted by atomic mass is 10.2. The maximum Gasteiger partial charge on any atom is 0.261 e. The van der Waals surface area contributed by atoms with Crippen LogP contribution in [0.5, 0.6) is 0 Å². The highest BCUT2D eigenvalue weighted by atomic mass is 32.2. The molecule has 2 N–H and O–H groups in total. The summed E-state index contributed by atoms with van der Waals surface area (Å²) in [6.07, 6.45) is 0. The molecule has 0 saturated carbocycles. The zero-order chi connectivity index (χ0) is 24.3. The fourth-order valence-corrected chi connectivity index (χ4v) is 4.64. The molecule has 1 amide bonds. The minimum absolute atomic E-state index is 0.179. The largest absolute Gasteiger partial charge is 0.369 e. The van der Waals surface area contributed by atoms with Crippen LogP contribution in [0.3, 0.4) is 0 Å². The molecule has 1 aliphatic heterocycles. The summed E-state index contributed by atoms with van der Waals surface area (Å²) in [5, 5.41) is 2.82. The minimum atomic E-state index is -4.11. The number of hydrogen-bond donors (Lipinski definition) is 2. The van der Waals surface area contributed by atoms with Crippen molar-refractivity contribution in [1.82, 2.24) is 4.90 Å². The van der Waals surface area contributed by atoms with Gasteiger partial charge in [-0.15, -0.1) is 0 Å². The van der Waals surface area contributed by atoms with Gasteiger partial charge in [-0.1, -0.05) is 0 Å². The molecule has 0 spiro atoms. The molecule has 34 heavy (non-hydrogen) atoms. The van der Waals surface area contributed by atoms with E-state index in [1.807, 2.05) is 24.3 Å². The Morgan fingerprint density at radius 1 is 0.824 bits per heavy atom. The summed E-state index contributed by atoms with van der Waals surface area (Å²) >= 11 is 0. The Labute approximate surface area is 197 Å². The Bertz CT molecular complexity index is 1270. The van der Waals surface area contributed by atoms with Gasteiger partial charge in [0.25, 0.3) is 15.9 Å². The molecule has 0 bridgehead atoms. The van der Waals surface area contributed by atoms with Crippen molar-refractivity contribution in [1.29, 1.82) is 0 Å². The predicted molar refractivity (Wildman–Crippen MR) is 128 cm³/mol. The second-order valence-corrected chi connectivity index (χ2v) is 9.73. The Morgan fingerprint density at radius 2 is 1.44 bits per heavy atom. The van der Waals surface area contributed by atoms with E-state index in [0.717, 1.165) is 44.0 Å². The van der Waals surface area contributed by atoms with Crippen LogP contribution in [0.15, 0.2) is 71.6 Å². The van der Waals surface area contributed by atoms with E-state index in [-0.39, 0.29) is 11.6 Å². The molecule has 7 nitrogen and oxygen atoms in total. The highest BCUT2D eigenvalue weighted by Crippen LogP contribution is 2.21. The SMILES string of the molecule is CN1CCN(c2ccc(NC(=O)c3ccc(NS(=O)(=O)c4ccc(F)c(F)c4)cc3)cc2)CC1. The first-order valence-electron chi connectivity index (χ1n) is 10.6. The fraction of sp³-hybridized carbons (Fsp3) is 0.208. The molecule has 4 rings (SSSR count). The van der Waals surface area contributed by atoms with E-state index >= 15 is 0 Å². The molecule has 10 heteroatoms. The topological polar surface area (TPSA) is 81.8 Å². The molecular formula is C24H24F2N4O3S. The van der Waals surface area contributed by atoms with Crippen LogP contribution >= 0.6 is 0 Å². The zero-order valence-corrected chi connectivity index (χ0v) is 19.3. The number of carbonyl (C=O) groups excluding carboxylic acids is 1. The van der Waals surface area contributed by atoms with Gasteiger partial charge in [-0.2, -0.15) is 0 Å². The molecule has 3 aromatic rings. The van der Waals surface area contributed by atoms with Gasteiger partial charge in [-0.05, 0) is 73.8 Å². The lowest BCUT2D eigenvalue weighted by molar-refractivity contribution is 0.102. The van der Waals surface area contributed by atoms with Gasteiger partial charge < -0.3 is 15.1 Å². The monoisotopic (exact) mass is 486 g/mol. The lowest BCUT2D eigenvalue weighted by Gasteiger charge is -2.34. The van der Waals surface area contributed by atoms with Crippen LogP contribution in [0.25, 0.3) is 0 Å². The smallest absolute Gasteiger partial charge is 0.261 e. The summed E-state index contributed by atoms with van der Waals surface area (Å²) in [5.41, 5.74) is 2.26. The molecule has 0 atom stereocenters.